The number of rotatable bonds is 5. The number of methoxy groups -OCH3 is 1. The molecule has 20 heavy (non-hydrogen) atoms. The fourth-order valence-electron chi connectivity index (χ4n) is 2.19. The first-order valence-electron chi connectivity index (χ1n) is 6.12. The molecule has 1 heterocycles. The minimum absolute atomic E-state index is 0.151. The van der Waals surface area contributed by atoms with E-state index in [4.69, 9.17) is 14.2 Å². The maximum atomic E-state index is 11.2. The fourth-order valence-corrected chi connectivity index (χ4v) is 2.19. The smallest absolute Gasteiger partial charge is 0.302 e. The Bertz CT molecular complexity index is 373. The van der Waals surface area contributed by atoms with Crippen LogP contribution in [0.4, 0.5) is 0 Å². The van der Waals surface area contributed by atoms with Crippen LogP contribution in [0, 0.1) is 5.92 Å². The molecule has 0 aromatic heterocycles. The molecule has 1 rings (SSSR count). The van der Waals surface area contributed by atoms with Crippen molar-refractivity contribution in [2.75, 3.05) is 13.7 Å². The van der Waals surface area contributed by atoms with Gasteiger partial charge in [-0.2, -0.15) is 0 Å². The molecule has 8 heteroatoms. The van der Waals surface area contributed by atoms with Gasteiger partial charge in [0.15, 0.2) is 6.29 Å². The Morgan fingerprint density at radius 2 is 2.05 bits per heavy atom. The van der Waals surface area contributed by atoms with Gasteiger partial charge in [-0.1, -0.05) is 0 Å². The predicted molar refractivity (Wildman–Crippen MR) is 65.5 cm³/mol. The normalized spacial score (nSPS) is 33.3. The molecular formula is C12H19NO7. The average molecular weight is 289 g/mol. The highest BCUT2D eigenvalue weighted by atomic mass is 16.6. The number of aliphatic hydroxyl groups excluding tert-OH is 1. The van der Waals surface area contributed by atoms with Crippen molar-refractivity contribution in [2.24, 2.45) is 5.92 Å². The minimum Gasteiger partial charge on any atom is -0.463 e. The van der Waals surface area contributed by atoms with Crippen LogP contribution in [0.3, 0.4) is 0 Å². The average Bonchev–Trinajstić information content (AvgIpc) is 2.37. The SMILES string of the molecule is CO[C@@H]1C(COC(C)=O)OC(O)[C@H](NC(C)=O)C1C=O. The lowest BCUT2D eigenvalue weighted by atomic mass is 9.88. The predicted octanol–water partition coefficient (Wildman–Crippen LogP) is -1.40. The molecule has 1 saturated heterocycles. The third kappa shape index (κ3) is 3.99. The van der Waals surface area contributed by atoms with Crippen molar-refractivity contribution in [1.82, 2.24) is 5.32 Å². The van der Waals surface area contributed by atoms with Crippen LogP contribution in [0.25, 0.3) is 0 Å². The number of aliphatic hydroxyl groups is 1. The molecule has 1 amide bonds. The third-order valence-corrected chi connectivity index (χ3v) is 3.03. The lowest BCUT2D eigenvalue weighted by molar-refractivity contribution is -0.243. The van der Waals surface area contributed by atoms with E-state index in [-0.39, 0.29) is 6.61 Å². The van der Waals surface area contributed by atoms with E-state index in [1.165, 1.54) is 21.0 Å². The topological polar surface area (TPSA) is 111 Å². The van der Waals surface area contributed by atoms with Gasteiger partial charge in [0, 0.05) is 21.0 Å². The quantitative estimate of drug-likeness (QED) is 0.473. The Kier molecular flexibility index (Phi) is 6.05. The van der Waals surface area contributed by atoms with Gasteiger partial charge >= 0.3 is 5.97 Å². The number of nitrogens with one attached hydrogen (secondary N) is 1. The molecule has 0 aliphatic carbocycles. The van der Waals surface area contributed by atoms with Gasteiger partial charge in [-0.25, -0.2) is 0 Å². The van der Waals surface area contributed by atoms with Crippen LogP contribution in [0.1, 0.15) is 13.8 Å². The summed E-state index contributed by atoms with van der Waals surface area (Å²) in [5.41, 5.74) is 0. The first-order valence-corrected chi connectivity index (χ1v) is 6.12. The molecule has 3 unspecified atom stereocenters. The van der Waals surface area contributed by atoms with Crippen molar-refractivity contribution in [3.63, 3.8) is 0 Å². The summed E-state index contributed by atoms with van der Waals surface area (Å²) in [7, 11) is 1.37. The van der Waals surface area contributed by atoms with Gasteiger partial charge in [-0.3, -0.25) is 9.59 Å². The molecule has 0 bridgehead atoms. The number of carbonyl (C=O) groups is 3. The first-order chi connectivity index (χ1) is 9.40. The lowest BCUT2D eigenvalue weighted by Gasteiger charge is -2.42. The molecule has 114 valence electrons. The number of hydrogen-bond acceptors (Lipinski definition) is 7. The summed E-state index contributed by atoms with van der Waals surface area (Å²) in [6, 6.07) is -0.913. The highest BCUT2D eigenvalue weighted by Gasteiger charge is 2.46. The molecular weight excluding hydrogens is 270 g/mol. The van der Waals surface area contributed by atoms with Gasteiger partial charge in [-0.15, -0.1) is 0 Å². The molecule has 1 aliphatic heterocycles. The largest absolute Gasteiger partial charge is 0.463 e. The second-order valence-electron chi connectivity index (χ2n) is 4.51. The fraction of sp³-hybridized carbons (Fsp3) is 0.750. The van der Waals surface area contributed by atoms with E-state index >= 15 is 0 Å². The summed E-state index contributed by atoms with van der Waals surface area (Å²) >= 11 is 0. The molecule has 1 fully saturated rings. The number of amides is 1. The van der Waals surface area contributed by atoms with Crippen LogP contribution in [-0.4, -0.2) is 61.5 Å². The summed E-state index contributed by atoms with van der Waals surface area (Å²) in [4.78, 5) is 33.2. The maximum Gasteiger partial charge on any atom is 0.302 e. The van der Waals surface area contributed by atoms with Crippen molar-refractivity contribution in [3.05, 3.63) is 0 Å². The van der Waals surface area contributed by atoms with Crippen LogP contribution in [0.5, 0.6) is 0 Å². The maximum absolute atomic E-state index is 11.2. The molecule has 0 spiro atoms. The highest BCUT2D eigenvalue weighted by molar-refractivity contribution is 5.74. The summed E-state index contributed by atoms with van der Waals surface area (Å²) in [5.74, 6) is -1.73. The summed E-state index contributed by atoms with van der Waals surface area (Å²) in [5, 5.41) is 12.3. The zero-order valence-electron chi connectivity index (χ0n) is 11.6. The number of carbonyl (C=O) groups excluding carboxylic acids is 3. The van der Waals surface area contributed by atoms with Gasteiger partial charge in [0.2, 0.25) is 5.91 Å². The van der Waals surface area contributed by atoms with E-state index in [1.54, 1.807) is 0 Å². The standard InChI is InChI=1S/C12H19NO7/c1-6(15)13-10-8(4-14)11(18-3)9(20-12(10)17)5-19-7(2)16/h4,8-12,17H,5H2,1-3H3,(H,13,15)/t8?,9?,10-,11+,12?/m1/s1. The monoisotopic (exact) mass is 289 g/mol. The second-order valence-corrected chi connectivity index (χ2v) is 4.51. The van der Waals surface area contributed by atoms with E-state index in [9.17, 15) is 19.5 Å². The zero-order chi connectivity index (χ0) is 15.3. The molecule has 8 nitrogen and oxygen atoms in total. The number of esters is 1. The van der Waals surface area contributed by atoms with E-state index in [2.05, 4.69) is 5.32 Å². The third-order valence-electron chi connectivity index (χ3n) is 3.03. The molecule has 0 radical (unpaired) electrons. The van der Waals surface area contributed by atoms with E-state index in [0.29, 0.717) is 6.29 Å². The van der Waals surface area contributed by atoms with Crippen LogP contribution in [-0.2, 0) is 28.6 Å². The lowest BCUT2D eigenvalue weighted by Crippen LogP contribution is -2.62. The second kappa shape index (κ2) is 7.32. The summed E-state index contributed by atoms with van der Waals surface area (Å²) < 4.78 is 15.3. The van der Waals surface area contributed by atoms with Gasteiger partial charge in [0.1, 0.15) is 19.0 Å². The first kappa shape index (κ1) is 16.5. The summed E-state index contributed by atoms with van der Waals surface area (Å²) in [6.45, 7) is 2.35. The van der Waals surface area contributed by atoms with Crippen LogP contribution in [0.2, 0.25) is 0 Å². The zero-order valence-corrected chi connectivity index (χ0v) is 11.6. The molecule has 0 saturated carbocycles. The molecule has 0 aromatic rings. The van der Waals surface area contributed by atoms with Crippen molar-refractivity contribution in [2.45, 2.75) is 38.4 Å². The summed E-state index contributed by atoms with van der Waals surface area (Å²) in [6.07, 6.45) is -2.34. The Morgan fingerprint density at radius 1 is 1.40 bits per heavy atom. The van der Waals surface area contributed by atoms with Crippen molar-refractivity contribution >= 4 is 18.2 Å². The molecule has 0 aromatic carbocycles. The Hall–Kier alpha value is -1.51. The van der Waals surface area contributed by atoms with Gasteiger partial charge in [0.05, 0.1) is 18.1 Å². The Balaban J connectivity index is 2.86. The van der Waals surface area contributed by atoms with Crippen molar-refractivity contribution in [1.29, 1.82) is 0 Å². The van der Waals surface area contributed by atoms with Gasteiger partial charge in [-0.05, 0) is 0 Å². The molecule has 2 N–H and O–H groups in total. The van der Waals surface area contributed by atoms with Crippen LogP contribution >= 0.6 is 0 Å². The molecule has 5 atom stereocenters. The Labute approximate surface area is 116 Å². The van der Waals surface area contributed by atoms with Gasteiger partial charge < -0.3 is 29.4 Å². The molecule has 1 aliphatic rings. The van der Waals surface area contributed by atoms with Crippen LogP contribution in [0.15, 0.2) is 0 Å². The number of hydrogen-bond donors (Lipinski definition) is 2. The highest BCUT2D eigenvalue weighted by Crippen LogP contribution is 2.26. The van der Waals surface area contributed by atoms with Crippen molar-refractivity contribution < 1.29 is 33.7 Å². The van der Waals surface area contributed by atoms with Gasteiger partial charge in [0.25, 0.3) is 0 Å². The Morgan fingerprint density at radius 3 is 2.50 bits per heavy atom. The minimum atomic E-state index is -1.39. The van der Waals surface area contributed by atoms with E-state index < -0.39 is 42.3 Å². The number of aldehydes is 1. The van der Waals surface area contributed by atoms with Crippen molar-refractivity contribution in [3.8, 4) is 0 Å². The van der Waals surface area contributed by atoms with E-state index in [1.807, 2.05) is 0 Å². The number of ether oxygens (including phenoxy) is 3. The van der Waals surface area contributed by atoms with Crippen LogP contribution < -0.4 is 5.32 Å². The van der Waals surface area contributed by atoms with E-state index in [0.717, 1.165) is 0 Å².